The van der Waals surface area contributed by atoms with Gasteiger partial charge in [-0.1, -0.05) is 19.9 Å². The van der Waals surface area contributed by atoms with E-state index in [1.165, 1.54) is 4.90 Å². The highest BCUT2D eigenvalue weighted by atomic mass is 32.1. The maximum atomic E-state index is 12.8. The molecule has 1 aliphatic heterocycles. The normalized spacial score (nSPS) is 15.5. The zero-order valence-corrected chi connectivity index (χ0v) is 19.3. The maximum Gasteiger partial charge on any atom is 0.326 e. The number of esters is 1. The van der Waals surface area contributed by atoms with Crippen molar-refractivity contribution >= 4 is 28.9 Å². The van der Waals surface area contributed by atoms with Crippen molar-refractivity contribution in [3.63, 3.8) is 0 Å². The van der Waals surface area contributed by atoms with Gasteiger partial charge in [0.15, 0.2) is 6.10 Å². The molecule has 0 bridgehead atoms. The standard InChI is InChI=1S/C24H25N3O4S/c1-14(2)13-30-21(28)12-27-19-11-17(8-9-20(19)31-15(3)24(27)29)22-16(4)32-23(26-22)18-7-5-6-10-25-18/h5-11,14-15H,12-13H2,1-4H3. The molecule has 1 aliphatic rings. The Morgan fingerprint density at radius 1 is 1.28 bits per heavy atom. The molecule has 0 fully saturated rings. The summed E-state index contributed by atoms with van der Waals surface area (Å²) in [6, 6.07) is 11.3. The van der Waals surface area contributed by atoms with E-state index in [0.29, 0.717) is 18.0 Å². The Labute approximate surface area is 191 Å². The highest BCUT2D eigenvalue weighted by molar-refractivity contribution is 7.15. The Bertz CT molecular complexity index is 1140. The lowest BCUT2D eigenvalue weighted by Gasteiger charge is -2.32. The third kappa shape index (κ3) is 4.50. The zero-order chi connectivity index (χ0) is 22.8. The molecule has 8 heteroatoms. The van der Waals surface area contributed by atoms with E-state index >= 15 is 0 Å². The summed E-state index contributed by atoms with van der Waals surface area (Å²) in [7, 11) is 0. The molecule has 0 N–H and O–H groups in total. The summed E-state index contributed by atoms with van der Waals surface area (Å²) in [5.74, 6) is 0.0496. The van der Waals surface area contributed by atoms with Crippen LogP contribution in [0.15, 0.2) is 42.6 Å². The summed E-state index contributed by atoms with van der Waals surface area (Å²) in [6.45, 7) is 7.76. The van der Waals surface area contributed by atoms with Crippen molar-refractivity contribution in [1.29, 1.82) is 0 Å². The van der Waals surface area contributed by atoms with Crippen LogP contribution in [0.5, 0.6) is 5.75 Å². The summed E-state index contributed by atoms with van der Waals surface area (Å²) >= 11 is 1.56. The molecule has 1 aromatic carbocycles. The minimum Gasteiger partial charge on any atom is -0.479 e. The number of fused-ring (bicyclic) bond motifs is 1. The number of nitrogens with zero attached hydrogens (tertiary/aromatic N) is 3. The molecule has 0 spiro atoms. The summed E-state index contributed by atoms with van der Waals surface area (Å²) in [4.78, 5) is 36.9. The van der Waals surface area contributed by atoms with Crippen LogP contribution in [0.2, 0.25) is 0 Å². The molecular weight excluding hydrogens is 426 g/mol. The Morgan fingerprint density at radius 3 is 2.81 bits per heavy atom. The van der Waals surface area contributed by atoms with Crippen molar-refractivity contribution in [3.8, 4) is 27.7 Å². The molecule has 1 amide bonds. The van der Waals surface area contributed by atoms with Gasteiger partial charge in [-0.3, -0.25) is 19.5 Å². The van der Waals surface area contributed by atoms with Crippen molar-refractivity contribution in [2.45, 2.75) is 33.8 Å². The van der Waals surface area contributed by atoms with Gasteiger partial charge >= 0.3 is 5.97 Å². The minimum atomic E-state index is -0.678. The summed E-state index contributed by atoms with van der Waals surface area (Å²) < 4.78 is 11.1. The van der Waals surface area contributed by atoms with Crippen LogP contribution in [-0.2, 0) is 14.3 Å². The second kappa shape index (κ2) is 9.08. The largest absolute Gasteiger partial charge is 0.479 e. The van der Waals surface area contributed by atoms with E-state index in [1.54, 1.807) is 24.5 Å². The lowest BCUT2D eigenvalue weighted by atomic mass is 10.1. The fourth-order valence-electron chi connectivity index (χ4n) is 3.41. The van der Waals surface area contributed by atoms with E-state index in [0.717, 1.165) is 26.8 Å². The van der Waals surface area contributed by atoms with Crippen molar-refractivity contribution in [1.82, 2.24) is 9.97 Å². The van der Waals surface area contributed by atoms with Gasteiger partial charge in [0.05, 0.1) is 23.7 Å². The first-order valence-corrected chi connectivity index (χ1v) is 11.3. The Hall–Kier alpha value is -3.26. The van der Waals surface area contributed by atoms with Crippen LogP contribution in [0.25, 0.3) is 22.0 Å². The fourth-order valence-corrected chi connectivity index (χ4v) is 4.33. The summed E-state index contributed by atoms with van der Waals surface area (Å²) in [5, 5.41) is 0.825. The van der Waals surface area contributed by atoms with Gasteiger partial charge in [-0.2, -0.15) is 0 Å². The minimum absolute atomic E-state index is 0.162. The van der Waals surface area contributed by atoms with Gasteiger partial charge in [0.25, 0.3) is 5.91 Å². The van der Waals surface area contributed by atoms with Crippen LogP contribution in [-0.4, -0.2) is 41.1 Å². The third-order valence-electron chi connectivity index (χ3n) is 4.99. The maximum absolute atomic E-state index is 12.8. The van der Waals surface area contributed by atoms with Crippen LogP contribution >= 0.6 is 11.3 Å². The Morgan fingerprint density at radius 2 is 2.09 bits per heavy atom. The first-order valence-electron chi connectivity index (χ1n) is 10.5. The van der Waals surface area contributed by atoms with Gasteiger partial charge in [-0.15, -0.1) is 11.3 Å². The topological polar surface area (TPSA) is 81.6 Å². The number of thiazole rings is 1. The third-order valence-corrected chi connectivity index (χ3v) is 5.98. The average Bonchev–Trinajstić information content (AvgIpc) is 3.17. The van der Waals surface area contributed by atoms with Crippen LogP contribution < -0.4 is 9.64 Å². The highest BCUT2D eigenvalue weighted by Gasteiger charge is 2.33. The van der Waals surface area contributed by atoms with Crippen LogP contribution in [0, 0.1) is 12.8 Å². The van der Waals surface area contributed by atoms with Crippen LogP contribution in [0.4, 0.5) is 5.69 Å². The number of ether oxygens (including phenoxy) is 2. The van der Waals surface area contributed by atoms with Gasteiger partial charge in [0.2, 0.25) is 0 Å². The number of benzene rings is 1. The number of hydrogen-bond acceptors (Lipinski definition) is 7. The van der Waals surface area contributed by atoms with E-state index in [-0.39, 0.29) is 18.4 Å². The van der Waals surface area contributed by atoms with Crippen LogP contribution in [0.3, 0.4) is 0 Å². The predicted octanol–water partition coefficient (Wildman–Crippen LogP) is 4.49. The van der Waals surface area contributed by atoms with Gasteiger partial charge in [0.1, 0.15) is 17.3 Å². The van der Waals surface area contributed by atoms with E-state index in [4.69, 9.17) is 14.5 Å². The van der Waals surface area contributed by atoms with Gasteiger partial charge in [-0.05, 0) is 50.1 Å². The SMILES string of the molecule is Cc1sc(-c2ccccn2)nc1-c1ccc2c(c1)N(CC(=O)OCC(C)C)C(=O)C(C)O2. The quantitative estimate of drug-likeness (QED) is 0.514. The molecule has 32 heavy (non-hydrogen) atoms. The molecular formula is C24H25N3O4S. The lowest BCUT2D eigenvalue weighted by molar-refractivity contribution is -0.144. The molecule has 0 aliphatic carbocycles. The molecule has 3 aromatic rings. The molecule has 2 aromatic heterocycles. The number of pyridine rings is 1. The molecule has 4 rings (SSSR count). The second-order valence-electron chi connectivity index (χ2n) is 8.08. The summed E-state index contributed by atoms with van der Waals surface area (Å²) in [5.41, 5.74) is 3.00. The molecule has 0 saturated carbocycles. The van der Waals surface area contributed by atoms with Gasteiger partial charge < -0.3 is 9.47 Å². The molecule has 1 unspecified atom stereocenters. The predicted molar refractivity (Wildman–Crippen MR) is 124 cm³/mol. The molecule has 0 saturated heterocycles. The van der Waals surface area contributed by atoms with Crippen molar-refractivity contribution in [3.05, 3.63) is 47.5 Å². The average molecular weight is 452 g/mol. The van der Waals surface area contributed by atoms with E-state index in [2.05, 4.69) is 4.98 Å². The lowest BCUT2D eigenvalue weighted by Crippen LogP contribution is -2.47. The molecule has 166 valence electrons. The van der Waals surface area contributed by atoms with Crippen LogP contribution in [0.1, 0.15) is 25.6 Å². The van der Waals surface area contributed by atoms with E-state index in [1.807, 2.05) is 57.2 Å². The van der Waals surface area contributed by atoms with Crippen molar-refractivity contribution in [2.24, 2.45) is 5.92 Å². The molecule has 0 radical (unpaired) electrons. The Kier molecular flexibility index (Phi) is 6.23. The van der Waals surface area contributed by atoms with E-state index < -0.39 is 12.1 Å². The number of hydrogen-bond donors (Lipinski definition) is 0. The smallest absolute Gasteiger partial charge is 0.326 e. The number of rotatable bonds is 6. The number of amides is 1. The first-order chi connectivity index (χ1) is 15.3. The number of anilines is 1. The molecule has 1 atom stereocenters. The molecule has 7 nitrogen and oxygen atoms in total. The highest BCUT2D eigenvalue weighted by Crippen LogP contribution is 2.39. The van der Waals surface area contributed by atoms with Gasteiger partial charge in [0, 0.05) is 16.6 Å². The second-order valence-corrected chi connectivity index (χ2v) is 9.29. The van der Waals surface area contributed by atoms with Crippen molar-refractivity contribution in [2.75, 3.05) is 18.1 Å². The summed E-state index contributed by atoms with van der Waals surface area (Å²) in [6.07, 6.45) is 1.06. The molecule has 3 heterocycles. The Balaban J connectivity index is 1.67. The van der Waals surface area contributed by atoms with Crippen molar-refractivity contribution < 1.29 is 19.1 Å². The number of aryl methyl sites for hydroxylation is 1. The monoisotopic (exact) mass is 451 g/mol. The zero-order valence-electron chi connectivity index (χ0n) is 18.5. The number of aromatic nitrogens is 2. The fraction of sp³-hybridized carbons (Fsp3) is 0.333. The van der Waals surface area contributed by atoms with Gasteiger partial charge in [-0.25, -0.2) is 4.98 Å². The first kappa shape index (κ1) is 22.0. The van der Waals surface area contributed by atoms with E-state index in [9.17, 15) is 9.59 Å². The number of carbonyl (C=O) groups is 2. The number of carbonyl (C=O) groups excluding carboxylic acids is 2.